The van der Waals surface area contributed by atoms with Gasteiger partial charge in [0.1, 0.15) is 0 Å². The fraction of sp³-hybridized carbons (Fsp3) is 0.333. The average Bonchev–Trinajstić information content (AvgIpc) is 2.76. The zero-order chi connectivity index (χ0) is 10.5. The predicted octanol–water partition coefficient (Wildman–Crippen LogP) is 2.68. The van der Waals surface area contributed by atoms with Gasteiger partial charge in [0.15, 0.2) is 6.29 Å². The maximum absolute atomic E-state index is 5.66. The van der Waals surface area contributed by atoms with Crippen molar-refractivity contribution in [1.82, 2.24) is 0 Å². The average molecular weight is 225 g/mol. The van der Waals surface area contributed by atoms with Crippen molar-refractivity contribution in [2.24, 2.45) is 0 Å². The smallest absolute Gasteiger partial charge is 0.177 e. The van der Waals surface area contributed by atoms with Gasteiger partial charge in [-0.3, -0.25) is 0 Å². The molecule has 1 aliphatic heterocycles. The minimum Gasteiger partial charge on any atom is -0.346 e. The van der Waals surface area contributed by atoms with Crippen LogP contribution in [0.15, 0.2) is 36.4 Å². The number of rotatable bonds is 3. The van der Waals surface area contributed by atoms with Gasteiger partial charge in [-0.1, -0.05) is 36.4 Å². The van der Waals surface area contributed by atoms with E-state index in [0.29, 0.717) is 12.5 Å². The molecule has 1 aromatic rings. The Morgan fingerprint density at radius 3 is 2.80 bits per heavy atom. The third-order valence-electron chi connectivity index (χ3n) is 2.19. The third-order valence-corrected chi connectivity index (χ3v) is 2.53. The van der Waals surface area contributed by atoms with Crippen LogP contribution in [0.25, 0.3) is 6.08 Å². The Bertz CT molecular complexity index is 324. The van der Waals surface area contributed by atoms with Crippen molar-refractivity contribution >= 4 is 17.7 Å². The molecule has 0 saturated carbocycles. The minimum absolute atomic E-state index is 0.0251. The summed E-state index contributed by atoms with van der Waals surface area (Å²) in [5.74, 6) is 0.482. The molecule has 0 aromatic heterocycles. The lowest BCUT2D eigenvalue weighted by Gasteiger charge is -2.04. The van der Waals surface area contributed by atoms with Crippen LogP contribution < -0.4 is 0 Å². The second-order valence-electron chi connectivity index (χ2n) is 3.38. The molecule has 0 N–H and O–H groups in total. The van der Waals surface area contributed by atoms with E-state index >= 15 is 0 Å². The van der Waals surface area contributed by atoms with Crippen LogP contribution in [0.1, 0.15) is 5.56 Å². The van der Waals surface area contributed by atoms with Crippen molar-refractivity contribution in [1.29, 1.82) is 0 Å². The van der Waals surface area contributed by atoms with Crippen LogP contribution in [-0.4, -0.2) is 24.9 Å². The predicted molar refractivity (Wildman–Crippen MR) is 60.8 cm³/mol. The second-order valence-corrected chi connectivity index (χ2v) is 3.69. The molecule has 1 fully saturated rings. The molecule has 0 aliphatic carbocycles. The van der Waals surface area contributed by atoms with Crippen molar-refractivity contribution in [2.75, 3.05) is 12.5 Å². The maximum Gasteiger partial charge on any atom is 0.177 e. The Balaban J connectivity index is 1.90. The quantitative estimate of drug-likeness (QED) is 0.735. The van der Waals surface area contributed by atoms with Crippen LogP contribution in [-0.2, 0) is 9.47 Å². The summed E-state index contributed by atoms with van der Waals surface area (Å²) in [5, 5.41) is 0. The van der Waals surface area contributed by atoms with Gasteiger partial charge in [0, 0.05) is 0 Å². The Kier molecular flexibility index (Phi) is 3.78. The van der Waals surface area contributed by atoms with Gasteiger partial charge in [0.2, 0.25) is 0 Å². The van der Waals surface area contributed by atoms with Crippen LogP contribution in [0.4, 0.5) is 0 Å². The summed E-state index contributed by atoms with van der Waals surface area (Å²) in [6.45, 7) is 0.577. The SMILES string of the molecule is ClC[C@@H]1CO[C@H](/C=C\c2ccccc2)O1. The number of hydrogen-bond acceptors (Lipinski definition) is 2. The first kappa shape index (κ1) is 10.7. The number of ether oxygens (including phenoxy) is 2. The summed E-state index contributed by atoms with van der Waals surface area (Å²) in [6, 6.07) is 10.0. The van der Waals surface area contributed by atoms with Gasteiger partial charge in [-0.2, -0.15) is 0 Å². The molecule has 1 saturated heterocycles. The minimum atomic E-state index is -0.256. The van der Waals surface area contributed by atoms with E-state index in [9.17, 15) is 0 Å². The van der Waals surface area contributed by atoms with E-state index in [1.54, 1.807) is 0 Å². The highest BCUT2D eigenvalue weighted by molar-refractivity contribution is 6.18. The van der Waals surface area contributed by atoms with Crippen LogP contribution in [0.2, 0.25) is 0 Å². The molecule has 0 unspecified atom stereocenters. The van der Waals surface area contributed by atoms with E-state index in [1.165, 1.54) is 0 Å². The first-order chi connectivity index (χ1) is 7.38. The highest BCUT2D eigenvalue weighted by Gasteiger charge is 2.22. The lowest BCUT2D eigenvalue weighted by Crippen LogP contribution is -2.12. The molecule has 0 radical (unpaired) electrons. The molecule has 1 heterocycles. The van der Waals surface area contributed by atoms with Crippen LogP contribution >= 0.6 is 11.6 Å². The lowest BCUT2D eigenvalue weighted by atomic mass is 10.2. The second kappa shape index (κ2) is 5.31. The molecule has 0 amide bonds. The first-order valence-corrected chi connectivity index (χ1v) is 5.48. The third kappa shape index (κ3) is 3.06. The molecular weight excluding hydrogens is 212 g/mol. The Hall–Kier alpha value is -0.830. The van der Waals surface area contributed by atoms with Crippen molar-refractivity contribution in [3.8, 4) is 0 Å². The summed E-state index contributed by atoms with van der Waals surface area (Å²) < 4.78 is 10.9. The summed E-state index contributed by atoms with van der Waals surface area (Å²) in [5.41, 5.74) is 1.14. The Morgan fingerprint density at radius 1 is 1.33 bits per heavy atom. The number of alkyl halides is 1. The van der Waals surface area contributed by atoms with E-state index in [1.807, 2.05) is 42.5 Å². The molecule has 80 valence electrons. The molecule has 0 spiro atoms. The topological polar surface area (TPSA) is 18.5 Å². The van der Waals surface area contributed by atoms with Crippen molar-refractivity contribution in [3.05, 3.63) is 42.0 Å². The van der Waals surface area contributed by atoms with Gasteiger partial charge >= 0.3 is 0 Å². The fourth-order valence-electron chi connectivity index (χ4n) is 1.41. The van der Waals surface area contributed by atoms with Crippen molar-refractivity contribution < 1.29 is 9.47 Å². The normalized spacial score (nSPS) is 26.2. The van der Waals surface area contributed by atoms with Gasteiger partial charge in [-0.15, -0.1) is 11.6 Å². The van der Waals surface area contributed by atoms with E-state index in [2.05, 4.69) is 0 Å². The van der Waals surface area contributed by atoms with Gasteiger partial charge in [-0.25, -0.2) is 0 Å². The monoisotopic (exact) mass is 224 g/mol. The largest absolute Gasteiger partial charge is 0.346 e. The van der Waals surface area contributed by atoms with Crippen LogP contribution in [0.5, 0.6) is 0 Å². The standard InChI is InChI=1S/C12H13ClO2/c13-8-11-9-14-12(15-11)7-6-10-4-2-1-3-5-10/h1-7,11-12H,8-9H2/b7-6-/t11-,12+/m1/s1. The van der Waals surface area contributed by atoms with E-state index in [0.717, 1.165) is 5.56 Å². The number of hydrogen-bond donors (Lipinski definition) is 0. The summed E-state index contributed by atoms with van der Waals surface area (Å²) in [7, 11) is 0. The zero-order valence-corrected chi connectivity index (χ0v) is 9.06. The molecule has 2 nitrogen and oxygen atoms in total. The highest BCUT2D eigenvalue weighted by Crippen LogP contribution is 2.15. The van der Waals surface area contributed by atoms with Gasteiger partial charge in [0.25, 0.3) is 0 Å². The van der Waals surface area contributed by atoms with Crippen molar-refractivity contribution in [3.63, 3.8) is 0 Å². The van der Waals surface area contributed by atoms with E-state index < -0.39 is 0 Å². The first-order valence-electron chi connectivity index (χ1n) is 4.95. The van der Waals surface area contributed by atoms with Gasteiger partial charge in [0.05, 0.1) is 18.6 Å². The molecule has 2 rings (SSSR count). The molecule has 15 heavy (non-hydrogen) atoms. The van der Waals surface area contributed by atoms with E-state index in [4.69, 9.17) is 21.1 Å². The summed E-state index contributed by atoms with van der Waals surface area (Å²) in [6.07, 6.45) is 3.66. The fourth-order valence-corrected chi connectivity index (χ4v) is 1.57. The zero-order valence-electron chi connectivity index (χ0n) is 8.30. The molecule has 0 bridgehead atoms. The lowest BCUT2D eigenvalue weighted by molar-refractivity contribution is -0.0149. The highest BCUT2D eigenvalue weighted by atomic mass is 35.5. The van der Waals surface area contributed by atoms with Crippen LogP contribution in [0.3, 0.4) is 0 Å². The Labute approximate surface area is 94.5 Å². The summed E-state index contributed by atoms with van der Waals surface area (Å²) >= 11 is 5.66. The molecule has 1 aliphatic rings. The summed E-state index contributed by atoms with van der Waals surface area (Å²) in [4.78, 5) is 0. The van der Waals surface area contributed by atoms with Gasteiger partial charge in [-0.05, 0) is 11.6 Å². The number of halogens is 1. The molecular formula is C12H13ClO2. The molecule has 1 aromatic carbocycles. The molecule has 3 heteroatoms. The van der Waals surface area contributed by atoms with E-state index in [-0.39, 0.29) is 12.4 Å². The van der Waals surface area contributed by atoms with Crippen molar-refractivity contribution in [2.45, 2.75) is 12.4 Å². The Morgan fingerprint density at radius 2 is 2.13 bits per heavy atom. The van der Waals surface area contributed by atoms with Crippen LogP contribution in [0, 0.1) is 0 Å². The van der Waals surface area contributed by atoms with Gasteiger partial charge < -0.3 is 9.47 Å². The number of benzene rings is 1. The molecule has 2 atom stereocenters. The maximum atomic E-state index is 5.66.